The Balaban J connectivity index is 4.25. The zero-order valence-corrected chi connectivity index (χ0v) is 7.16. The first-order valence-electron chi connectivity index (χ1n) is 3.78. The van der Waals surface area contributed by atoms with E-state index in [0.29, 0.717) is 0 Å². The Morgan fingerprint density at radius 3 is 1.92 bits per heavy atom. The monoisotopic (exact) mass is 194 g/mol. The molecule has 78 valence electrons. The van der Waals surface area contributed by atoms with E-state index in [-0.39, 0.29) is 0 Å². The van der Waals surface area contributed by atoms with Crippen molar-refractivity contribution in [3.05, 3.63) is 0 Å². The summed E-state index contributed by atoms with van der Waals surface area (Å²) in [5.74, 6) is -1.11. The predicted octanol–water partition coefficient (Wildman–Crippen LogP) is -2.99. The van der Waals surface area contributed by atoms with E-state index in [1.807, 2.05) is 0 Å². The first-order chi connectivity index (χ1) is 5.91. The van der Waals surface area contributed by atoms with Gasteiger partial charge < -0.3 is 25.5 Å². The zero-order valence-electron chi connectivity index (χ0n) is 7.16. The lowest BCUT2D eigenvalue weighted by atomic mass is 10.0. The van der Waals surface area contributed by atoms with Crippen molar-refractivity contribution < 1.29 is 30.3 Å². The topological polar surface area (TPSA) is 118 Å². The summed E-state index contributed by atoms with van der Waals surface area (Å²) in [6.07, 6.45) is -6.60. The predicted molar refractivity (Wildman–Crippen MR) is 41.8 cm³/mol. The summed E-state index contributed by atoms with van der Waals surface area (Å²) >= 11 is 0. The summed E-state index contributed by atoms with van der Waals surface area (Å²) in [4.78, 5) is 11.0. The lowest BCUT2D eigenvalue weighted by Gasteiger charge is -2.19. The summed E-state index contributed by atoms with van der Waals surface area (Å²) in [6, 6.07) is 0. The van der Waals surface area contributed by atoms with E-state index in [1.54, 1.807) is 0 Å². The van der Waals surface area contributed by atoms with E-state index < -0.39 is 36.8 Å². The number of rotatable bonds is 5. The van der Waals surface area contributed by atoms with Gasteiger partial charge in [0.05, 0.1) is 12.7 Å². The highest BCUT2D eigenvalue weighted by Gasteiger charge is 2.31. The highest BCUT2D eigenvalue weighted by atomic mass is 16.4. The van der Waals surface area contributed by atoms with E-state index in [9.17, 15) is 4.79 Å². The highest BCUT2D eigenvalue weighted by molar-refractivity contribution is 5.87. The summed E-state index contributed by atoms with van der Waals surface area (Å²) in [5.41, 5.74) is 0. The van der Waals surface area contributed by atoms with Crippen LogP contribution in [0.1, 0.15) is 6.92 Å². The standard InChI is InChI=1S/C7H14O6/c1-3(9)5(11)7(13)6(12)4(10)2-8/h3-6,8-12H,2H2,1H3/t3?,4-,5-,6-/m1/s1. The fourth-order valence-electron chi connectivity index (χ4n) is 0.702. The molecule has 0 saturated carbocycles. The van der Waals surface area contributed by atoms with Crippen molar-refractivity contribution in [2.24, 2.45) is 0 Å². The van der Waals surface area contributed by atoms with Crippen LogP contribution in [0.4, 0.5) is 0 Å². The molecule has 6 heteroatoms. The maximum absolute atomic E-state index is 11.0. The summed E-state index contributed by atoms with van der Waals surface area (Å²) in [7, 11) is 0. The Morgan fingerprint density at radius 1 is 1.15 bits per heavy atom. The van der Waals surface area contributed by atoms with Gasteiger partial charge in [-0.1, -0.05) is 0 Å². The van der Waals surface area contributed by atoms with Crippen LogP contribution >= 0.6 is 0 Å². The van der Waals surface area contributed by atoms with Crippen molar-refractivity contribution in [2.45, 2.75) is 31.3 Å². The fraction of sp³-hybridized carbons (Fsp3) is 0.857. The molecule has 0 bridgehead atoms. The SMILES string of the molecule is CC(O)[C@@H](O)C(=O)[C@H](O)[C@H](O)CO. The number of Topliss-reactive ketones (excluding diaryl/α,β-unsaturated/α-hetero) is 1. The van der Waals surface area contributed by atoms with Gasteiger partial charge >= 0.3 is 0 Å². The second kappa shape index (κ2) is 5.25. The lowest BCUT2D eigenvalue weighted by Crippen LogP contribution is -2.45. The normalized spacial score (nSPS) is 20.5. The number of carbonyl (C=O) groups is 1. The Kier molecular flexibility index (Phi) is 5.04. The molecule has 0 aliphatic heterocycles. The van der Waals surface area contributed by atoms with Gasteiger partial charge in [0, 0.05) is 0 Å². The number of hydrogen-bond donors (Lipinski definition) is 5. The highest BCUT2D eigenvalue weighted by Crippen LogP contribution is 2.02. The minimum Gasteiger partial charge on any atom is -0.394 e. The Bertz CT molecular complexity index is 168. The van der Waals surface area contributed by atoms with E-state index in [4.69, 9.17) is 25.5 Å². The third kappa shape index (κ3) is 3.37. The van der Waals surface area contributed by atoms with E-state index in [1.165, 1.54) is 6.92 Å². The van der Waals surface area contributed by atoms with Gasteiger partial charge in [-0.05, 0) is 6.92 Å². The van der Waals surface area contributed by atoms with Crippen molar-refractivity contribution in [1.29, 1.82) is 0 Å². The van der Waals surface area contributed by atoms with Gasteiger partial charge in [-0.3, -0.25) is 4.79 Å². The number of carbonyl (C=O) groups excluding carboxylic acids is 1. The molecule has 0 aliphatic rings. The van der Waals surface area contributed by atoms with Crippen LogP contribution in [-0.4, -0.2) is 62.3 Å². The molecule has 0 rings (SSSR count). The molecule has 1 unspecified atom stereocenters. The van der Waals surface area contributed by atoms with Crippen molar-refractivity contribution in [3.63, 3.8) is 0 Å². The van der Waals surface area contributed by atoms with Crippen molar-refractivity contribution >= 4 is 5.78 Å². The molecule has 0 radical (unpaired) electrons. The van der Waals surface area contributed by atoms with Crippen molar-refractivity contribution in [1.82, 2.24) is 0 Å². The first-order valence-corrected chi connectivity index (χ1v) is 3.78. The molecule has 13 heavy (non-hydrogen) atoms. The molecule has 0 fully saturated rings. The number of hydrogen-bond acceptors (Lipinski definition) is 6. The molecular formula is C7H14O6. The van der Waals surface area contributed by atoms with Gasteiger partial charge in [-0.2, -0.15) is 0 Å². The zero-order chi connectivity index (χ0) is 10.6. The van der Waals surface area contributed by atoms with Crippen molar-refractivity contribution in [3.8, 4) is 0 Å². The van der Waals surface area contributed by atoms with Crippen LogP contribution in [0.15, 0.2) is 0 Å². The van der Waals surface area contributed by atoms with Crippen LogP contribution in [0.2, 0.25) is 0 Å². The number of ketones is 1. The average Bonchev–Trinajstić information content (AvgIpc) is 2.12. The van der Waals surface area contributed by atoms with Gasteiger partial charge in [0.2, 0.25) is 0 Å². The van der Waals surface area contributed by atoms with Gasteiger partial charge in [-0.15, -0.1) is 0 Å². The minimum atomic E-state index is -1.88. The van der Waals surface area contributed by atoms with Crippen LogP contribution in [0, 0.1) is 0 Å². The molecule has 5 N–H and O–H groups in total. The molecule has 0 saturated heterocycles. The average molecular weight is 194 g/mol. The molecule has 0 spiro atoms. The Labute approximate surface area is 75.1 Å². The molecule has 0 aromatic carbocycles. The third-order valence-electron chi connectivity index (χ3n) is 1.59. The van der Waals surface area contributed by atoms with Crippen LogP contribution < -0.4 is 0 Å². The van der Waals surface area contributed by atoms with Gasteiger partial charge in [0.15, 0.2) is 5.78 Å². The van der Waals surface area contributed by atoms with Crippen molar-refractivity contribution in [2.75, 3.05) is 6.61 Å². The summed E-state index contributed by atoms with van der Waals surface area (Å²) < 4.78 is 0. The maximum Gasteiger partial charge on any atom is 0.194 e. The molecule has 0 aromatic heterocycles. The maximum atomic E-state index is 11.0. The van der Waals surface area contributed by atoms with E-state index >= 15 is 0 Å². The van der Waals surface area contributed by atoms with E-state index in [0.717, 1.165) is 0 Å². The van der Waals surface area contributed by atoms with Crippen LogP contribution in [0.25, 0.3) is 0 Å². The van der Waals surface area contributed by atoms with Crippen LogP contribution in [-0.2, 0) is 4.79 Å². The Hall–Kier alpha value is -0.530. The molecule has 0 amide bonds. The molecular weight excluding hydrogens is 180 g/mol. The first kappa shape index (κ1) is 12.5. The second-order valence-electron chi connectivity index (χ2n) is 2.78. The van der Waals surface area contributed by atoms with Crippen LogP contribution in [0.3, 0.4) is 0 Å². The molecule has 4 atom stereocenters. The molecule has 0 aliphatic carbocycles. The van der Waals surface area contributed by atoms with Gasteiger partial charge in [-0.25, -0.2) is 0 Å². The quantitative estimate of drug-likeness (QED) is 0.318. The largest absolute Gasteiger partial charge is 0.394 e. The smallest absolute Gasteiger partial charge is 0.194 e. The number of aliphatic hydroxyl groups excluding tert-OH is 5. The summed E-state index contributed by atoms with van der Waals surface area (Å²) in [5, 5.41) is 43.9. The fourth-order valence-corrected chi connectivity index (χ4v) is 0.702. The van der Waals surface area contributed by atoms with E-state index in [2.05, 4.69) is 0 Å². The molecule has 6 nitrogen and oxygen atoms in total. The molecule has 0 heterocycles. The number of aliphatic hydroxyl groups is 5. The van der Waals surface area contributed by atoms with Gasteiger partial charge in [0.25, 0.3) is 0 Å². The molecule has 0 aromatic rings. The second-order valence-corrected chi connectivity index (χ2v) is 2.78. The van der Waals surface area contributed by atoms with Gasteiger partial charge in [0.1, 0.15) is 18.3 Å². The lowest BCUT2D eigenvalue weighted by molar-refractivity contribution is -0.148. The minimum absolute atomic E-state index is 0.792. The van der Waals surface area contributed by atoms with Crippen LogP contribution in [0.5, 0.6) is 0 Å². The summed E-state index contributed by atoms with van der Waals surface area (Å²) in [6.45, 7) is 0.375. The Morgan fingerprint density at radius 2 is 1.62 bits per heavy atom. The third-order valence-corrected chi connectivity index (χ3v) is 1.59.